The summed E-state index contributed by atoms with van der Waals surface area (Å²) in [5, 5.41) is 5.12. The average molecular weight is 264 g/mol. The lowest BCUT2D eigenvalue weighted by Gasteiger charge is -2.22. The number of aryl methyl sites for hydroxylation is 2. The molecule has 2 rings (SSSR count). The van der Waals surface area contributed by atoms with Crippen LogP contribution in [0.3, 0.4) is 0 Å². The zero-order valence-electron chi connectivity index (χ0n) is 10.9. The van der Waals surface area contributed by atoms with Gasteiger partial charge in [0.1, 0.15) is 0 Å². The monoisotopic (exact) mass is 263 g/mol. The molecule has 1 heterocycles. The molecule has 0 spiro atoms. The van der Waals surface area contributed by atoms with E-state index in [1.54, 1.807) is 0 Å². The van der Waals surface area contributed by atoms with Crippen molar-refractivity contribution in [1.29, 1.82) is 0 Å². The zero-order valence-corrected chi connectivity index (χ0v) is 11.6. The largest absolute Gasteiger partial charge is 0.326 e. The third-order valence-electron chi connectivity index (χ3n) is 3.02. The van der Waals surface area contributed by atoms with E-state index in [9.17, 15) is 0 Å². The van der Waals surface area contributed by atoms with E-state index in [0.717, 1.165) is 11.3 Å². The Kier molecular flexibility index (Phi) is 3.73. The molecule has 0 saturated carbocycles. The van der Waals surface area contributed by atoms with Crippen LogP contribution in [0.2, 0.25) is 5.02 Å². The predicted octanol–water partition coefficient (Wildman–Crippen LogP) is 3.09. The molecule has 1 aromatic carbocycles. The first-order valence-electron chi connectivity index (χ1n) is 6.02. The first kappa shape index (κ1) is 13.1. The number of nitrogens with zero attached hydrogens (tertiary/aromatic N) is 2. The van der Waals surface area contributed by atoms with Crippen LogP contribution in [0.25, 0.3) is 0 Å². The highest BCUT2D eigenvalue weighted by molar-refractivity contribution is 6.31. The molecule has 1 aromatic heterocycles. The smallest absolute Gasteiger partial charge is 0.0917 e. The zero-order chi connectivity index (χ0) is 13.3. The van der Waals surface area contributed by atoms with E-state index in [0.29, 0.717) is 5.02 Å². The van der Waals surface area contributed by atoms with E-state index in [2.05, 4.69) is 30.2 Å². The average Bonchev–Trinajstić information content (AvgIpc) is 2.58. The Morgan fingerprint density at radius 1 is 1.33 bits per heavy atom. The summed E-state index contributed by atoms with van der Waals surface area (Å²) in [6.07, 6.45) is 1.84. The molecule has 3 nitrogen and oxygen atoms in total. The molecule has 0 aliphatic rings. The maximum atomic E-state index is 6.11. The van der Waals surface area contributed by atoms with Gasteiger partial charge >= 0.3 is 0 Å². The van der Waals surface area contributed by atoms with Gasteiger partial charge in [0.25, 0.3) is 0 Å². The van der Waals surface area contributed by atoms with Crippen LogP contribution in [-0.4, -0.2) is 15.8 Å². The fourth-order valence-electron chi connectivity index (χ4n) is 2.15. The fourth-order valence-corrected chi connectivity index (χ4v) is 2.29. The van der Waals surface area contributed by atoms with Crippen molar-refractivity contribution in [3.05, 3.63) is 52.3 Å². The summed E-state index contributed by atoms with van der Waals surface area (Å²) in [6.45, 7) is 5.95. The van der Waals surface area contributed by atoms with Gasteiger partial charge in [-0.2, -0.15) is 5.10 Å². The summed E-state index contributed by atoms with van der Waals surface area (Å²) < 4.78 is 1.86. The number of nitrogens with two attached hydrogens (primary N) is 1. The highest BCUT2D eigenvalue weighted by Gasteiger charge is 2.20. The van der Waals surface area contributed by atoms with Gasteiger partial charge in [-0.15, -0.1) is 0 Å². The molecule has 0 bridgehead atoms. The van der Waals surface area contributed by atoms with E-state index in [1.165, 1.54) is 5.56 Å². The number of aromatic nitrogens is 2. The van der Waals surface area contributed by atoms with Crippen molar-refractivity contribution in [3.63, 3.8) is 0 Å². The maximum Gasteiger partial charge on any atom is 0.0917 e. The van der Waals surface area contributed by atoms with Crippen LogP contribution in [0.15, 0.2) is 30.5 Å². The number of hydrogen-bond donors (Lipinski definition) is 1. The highest BCUT2D eigenvalue weighted by atomic mass is 35.5. The highest BCUT2D eigenvalue weighted by Crippen LogP contribution is 2.24. The minimum Gasteiger partial charge on any atom is -0.326 e. The molecule has 0 aliphatic carbocycles. The normalized spacial score (nSPS) is 14.5. The molecule has 0 amide bonds. The Morgan fingerprint density at radius 3 is 2.56 bits per heavy atom. The molecule has 18 heavy (non-hydrogen) atoms. The van der Waals surface area contributed by atoms with Gasteiger partial charge in [-0.25, -0.2) is 0 Å². The topological polar surface area (TPSA) is 43.8 Å². The predicted molar refractivity (Wildman–Crippen MR) is 74.9 cm³/mol. The number of benzene rings is 1. The van der Waals surface area contributed by atoms with Crippen molar-refractivity contribution >= 4 is 11.6 Å². The second kappa shape index (κ2) is 5.12. The lowest BCUT2D eigenvalue weighted by Crippen LogP contribution is -2.30. The number of halogens is 1. The quantitative estimate of drug-likeness (QED) is 0.925. The van der Waals surface area contributed by atoms with Crippen molar-refractivity contribution in [2.24, 2.45) is 5.73 Å². The molecule has 0 radical (unpaired) electrons. The summed E-state index contributed by atoms with van der Waals surface area (Å²) in [4.78, 5) is 0. The standard InChI is InChI=1S/C14H18ClN3/c1-9-5-4-6-12(7-9)14(10(2)16)18-8-13(15)11(3)17-18/h4-8,10,14H,16H2,1-3H3. The van der Waals surface area contributed by atoms with Gasteiger partial charge in [-0.05, 0) is 26.3 Å². The molecule has 0 aliphatic heterocycles. The SMILES string of the molecule is Cc1cccc(C(C(C)N)n2cc(Cl)c(C)n2)c1. The van der Waals surface area contributed by atoms with Crippen LogP contribution in [0.5, 0.6) is 0 Å². The first-order chi connectivity index (χ1) is 8.49. The molecule has 2 aromatic rings. The van der Waals surface area contributed by atoms with Gasteiger partial charge in [0.05, 0.1) is 16.8 Å². The van der Waals surface area contributed by atoms with Crippen LogP contribution in [0.1, 0.15) is 29.8 Å². The minimum atomic E-state index is -0.0397. The molecule has 2 atom stereocenters. The molecular formula is C14H18ClN3. The summed E-state index contributed by atoms with van der Waals surface area (Å²) in [5.74, 6) is 0. The van der Waals surface area contributed by atoms with Crippen LogP contribution in [0, 0.1) is 13.8 Å². The lowest BCUT2D eigenvalue weighted by molar-refractivity contribution is 0.452. The first-order valence-corrected chi connectivity index (χ1v) is 6.40. The van der Waals surface area contributed by atoms with Gasteiger partial charge < -0.3 is 5.73 Å². The molecule has 0 fully saturated rings. The molecule has 96 valence electrons. The van der Waals surface area contributed by atoms with Crippen molar-refractivity contribution in [2.75, 3.05) is 0 Å². The Balaban J connectivity index is 2.46. The van der Waals surface area contributed by atoms with Crippen LogP contribution in [-0.2, 0) is 0 Å². The van der Waals surface area contributed by atoms with Crippen molar-refractivity contribution in [1.82, 2.24) is 9.78 Å². The van der Waals surface area contributed by atoms with E-state index in [1.807, 2.05) is 30.8 Å². The summed E-state index contributed by atoms with van der Waals surface area (Å²) in [5.41, 5.74) is 9.31. The Bertz CT molecular complexity index is 526. The summed E-state index contributed by atoms with van der Waals surface area (Å²) in [7, 11) is 0. The Labute approximate surface area is 113 Å². The van der Waals surface area contributed by atoms with Crippen molar-refractivity contribution in [2.45, 2.75) is 32.9 Å². The number of rotatable bonds is 3. The lowest BCUT2D eigenvalue weighted by atomic mass is 9.99. The van der Waals surface area contributed by atoms with Crippen molar-refractivity contribution < 1.29 is 0 Å². The fraction of sp³-hybridized carbons (Fsp3) is 0.357. The second-order valence-electron chi connectivity index (χ2n) is 4.76. The molecule has 2 N–H and O–H groups in total. The second-order valence-corrected chi connectivity index (χ2v) is 5.17. The Hall–Kier alpha value is -1.32. The van der Waals surface area contributed by atoms with Crippen LogP contribution >= 0.6 is 11.6 Å². The third-order valence-corrected chi connectivity index (χ3v) is 3.39. The minimum absolute atomic E-state index is 0.0103. The van der Waals surface area contributed by atoms with Gasteiger partial charge in [-0.3, -0.25) is 4.68 Å². The summed E-state index contributed by atoms with van der Waals surface area (Å²) in [6, 6.07) is 8.30. The molecule has 0 saturated heterocycles. The van der Waals surface area contributed by atoms with Gasteiger partial charge in [-0.1, -0.05) is 41.4 Å². The third kappa shape index (κ3) is 2.57. The van der Waals surface area contributed by atoms with Gasteiger partial charge in [0.15, 0.2) is 0 Å². The van der Waals surface area contributed by atoms with Gasteiger partial charge in [0.2, 0.25) is 0 Å². The van der Waals surface area contributed by atoms with E-state index in [4.69, 9.17) is 17.3 Å². The van der Waals surface area contributed by atoms with Crippen molar-refractivity contribution in [3.8, 4) is 0 Å². The summed E-state index contributed by atoms with van der Waals surface area (Å²) >= 11 is 6.07. The van der Waals surface area contributed by atoms with E-state index >= 15 is 0 Å². The molecular weight excluding hydrogens is 246 g/mol. The molecule has 2 unspecified atom stereocenters. The number of hydrogen-bond acceptors (Lipinski definition) is 2. The Morgan fingerprint density at radius 2 is 2.06 bits per heavy atom. The van der Waals surface area contributed by atoms with Crippen LogP contribution < -0.4 is 5.73 Å². The van der Waals surface area contributed by atoms with E-state index < -0.39 is 0 Å². The van der Waals surface area contributed by atoms with Crippen LogP contribution in [0.4, 0.5) is 0 Å². The van der Waals surface area contributed by atoms with Gasteiger partial charge in [0, 0.05) is 12.2 Å². The maximum absolute atomic E-state index is 6.11. The van der Waals surface area contributed by atoms with E-state index in [-0.39, 0.29) is 12.1 Å². The molecule has 4 heteroatoms.